The molecule has 0 radical (unpaired) electrons. The third-order valence-electron chi connectivity index (χ3n) is 5.04. The molecule has 3 amide bonds. The van der Waals surface area contributed by atoms with Crippen LogP contribution in [0.25, 0.3) is 0 Å². The van der Waals surface area contributed by atoms with Crippen molar-refractivity contribution < 1.29 is 14.3 Å². The number of hydrogen-bond donors (Lipinski definition) is 1. The van der Waals surface area contributed by atoms with Gasteiger partial charge in [-0.05, 0) is 49.2 Å². The minimum atomic E-state index is -0.227. The molecule has 1 N–H and O–H groups in total. The molecular formula is C21H22ClN3O3. The highest BCUT2D eigenvalue weighted by Crippen LogP contribution is 2.26. The third kappa shape index (κ3) is 4.07. The van der Waals surface area contributed by atoms with Crippen molar-refractivity contribution in [2.24, 2.45) is 0 Å². The Hall–Kier alpha value is -2.73. The summed E-state index contributed by atoms with van der Waals surface area (Å²) in [5.74, 6) is 0.760. The largest absolute Gasteiger partial charge is 0.491 e. The van der Waals surface area contributed by atoms with Crippen molar-refractivity contribution in [3.63, 3.8) is 0 Å². The van der Waals surface area contributed by atoms with Crippen molar-refractivity contribution >= 4 is 29.2 Å². The average molecular weight is 400 g/mol. The minimum absolute atomic E-state index is 0.0412. The molecule has 28 heavy (non-hydrogen) atoms. The van der Waals surface area contributed by atoms with Crippen LogP contribution in [0.3, 0.4) is 0 Å². The Balaban J connectivity index is 1.50. The molecule has 0 bridgehead atoms. The second-order valence-corrected chi connectivity index (χ2v) is 7.47. The van der Waals surface area contributed by atoms with Gasteiger partial charge in [0.25, 0.3) is 5.91 Å². The smallest absolute Gasteiger partial charge is 0.322 e. The maximum absolute atomic E-state index is 12.7. The summed E-state index contributed by atoms with van der Waals surface area (Å²) >= 11 is 5.99. The number of nitrogens with zero attached hydrogens (tertiary/aromatic N) is 2. The molecule has 1 fully saturated rings. The molecule has 7 heteroatoms. The first kappa shape index (κ1) is 18.6. The molecule has 2 aliphatic heterocycles. The quantitative estimate of drug-likeness (QED) is 0.830. The molecule has 2 heterocycles. The minimum Gasteiger partial charge on any atom is -0.491 e. The molecule has 2 aromatic carbocycles. The SMILES string of the molecule is O=C(Nc1cccc(Cl)c1)N1CCOc2ccc(C(=O)N3CCCC3)cc2C1. The number of halogens is 1. The number of amides is 3. The number of fused-ring (bicyclic) bond motifs is 1. The monoisotopic (exact) mass is 399 g/mol. The number of likely N-dealkylation sites (tertiary alicyclic amines) is 1. The lowest BCUT2D eigenvalue weighted by atomic mass is 10.1. The summed E-state index contributed by atoms with van der Waals surface area (Å²) in [6.45, 7) is 2.84. The van der Waals surface area contributed by atoms with Crippen LogP contribution in [0.1, 0.15) is 28.8 Å². The van der Waals surface area contributed by atoms with E-state index in [0.29, 0.717) is 36.0 Å². The predicted molar refractivity (Wildman–Crippen MR) is 108 cm³/mol. The van der Waals surface area contributed by atoms with E-state index in [4.69, 9.17) is 16.3 Å². The summed E-state index contributed by atoms with van der Waals surface area (Å²) in [7, 11) is 0. The van der Waals surface area contributed by atoms with Gasteiger partial charge in [0.15, 0.2) is 0 Å². The van der Waals surface area contributed by atoms with Crippen molar-refractivity contribution in [3.05, 3.63) is 58.6 Å². The van der Waals surface area contributed by atoms with E-state index in [1.807, 2.05) is 17.0 Å². The number of carbonyl (C=O) groups excluding carboxylic acids is 2. The van der Waals surface area contributed by atoms with E-state index in [-0.39, 0.29) is 11.9 Å². The number of nitrogens with one attached hydrogen (secondary N) is 1. The molecule has 146 valence electrons. The third-order valence-corrected chi connectivity index (χ3v) is 5.28. The molecule has 4 rings (SSSR count). The second-order valence-electron chi connectivity index (χ2n) is 7.03. The van der Waals surface area contributed by atoms with E-state index >= 15 is 0 Å². The van der Waals surface area contributed by atoms with Gasteiger partial charge in [0, 0.05) is 34.9 Å². The van der Waals surface area contributed by atoms with Crippen LogP contribution in [-0.2, 0) is 6.54 Å². The van der Waals surface area contributed by atoms with Gasteiger partial charge < -0.3 is 19.9 Å². The van der Waals surface area contributed by atoms with Crippen molar-refractivity contribution in [1.29, 1.82) is 0 Å². The fourth-order valence-electron chi connectivity index (χ4n) is 3.57. The van der Waals surface area contributed by atoms with Gasteiger partial charge in [-0.2, -0.15) is 0 Å². The number of hydrogen-bond acceptors (Lipinski definition) is 3. The molecule has 2 aromatic rings. The number of anilines is 1. The van der Waals surface area contributed by atoms with Crippen LogP contribution in [0.2, 0.25) is 5.02 Å². The Morgan fingerprint density at radius 3 is 2.61 bits per heavy atom. The number of urea groups is 1. The highest BCUT2D eigenvalue weighted by atomic mass is 35.5. The van der Waals surface area contributed by atoms with Gasteiger partial charge in [0.2, 0.25) is 0 Å². The Labute approximate surface area is 169 Å². The average Bonchev–Trinajstić information content (AvgIpc) is 3.13. The Morgan fingerprint density at radius 1 is 1.00 bits per heavy atom. The molecular weight excluding hydrogens is 378 g/mol. The van der Waals surface area contributed by atoms with Crippen LogP contribution in [0.5, 0.6) is 5.75 Å². The van der Waals surface area contributed by atoms with Crippen LogP contribution < -0.4 is 10.1 Å². The fourth-order valence-corrected chi connectivity index (χ4v) is 3.76. The predicted octanol–water partition coefficient (Wildman–Crippen LogP) is 4.00. The first-order valence-electron chi connectivity index (χ1n) is 9.47. The van der Waals surface area contributed by atoms with Gasteiger partial charge in [0.05, 0.1) is 13.1 Å². The lowest BCUT2D eigenvalue weighted by Gasteiger charge is -2.21. The van der Waals surface area contributed by atoms with Crippen LogP contribution in [-0.4, -0.2) is 48.0 Å². The molecule has 0 saturated carbocycles. The summed E-state index contributed by atoms with van der Waals surface area (Å²) < 4.78 is 5.79. The Bertz CT molecular complexity index is 896. The van der Waals surface area contributed by atoms with Gasteiger partial charge in [-0.1, -0.05) is 17.7 Å². The van der Waals surface area contributed by atoms with Crippen LogP contribution in [0.4, 0.5) is 10.5 Å². The zero-order valence-corrected chi connectivity index (χ0v) is 16.2. The van der Waals surface area contributed by atoms with E-state index in [2.05, 4.69) is 5.32 Å². The van der Waals surface area contributed by atoms with Gasteiger partial charge in [-0.3, -0.25) is 4.79 Å². The standard InChI is InChI=1S/C21H22ClN3O3/c22-17-4-3-5-18(13-17)23-21(27)25-10-11-28-19-7-6-15(12-16(19)14-25)20(26)24-8-1-2-9-24/h3-7,12-13H,1-2,8-11,14H2,(H,23,27). The van der Waals surface area contributed by atoms with Crippen molar-refractivity contribution in [2.75, 3.05) is 31.6 Å². The van der Waals surface area contributed by atoms with Crippen molar-refractivity contribution in [2.45, 2.75) is 19.4 Å². The molecule has 1 saturated heterocycles. The van der Waals surface area contributed by atoms with Crippen molar-refractivity contribution in [3.8, 4) is 5.75 Å². The van der Waals surface area contributed by atoms with Crippen LogP contribution in [0, 0.1) is 0 Å². The van der Waals surface area contributed by atoms with Gasteiger partial charge in [-0.15, -0.1) is 0 Å². The first-order chi connectivity index (χ1) is 13.6. The Kier molecular flexibility index (Phi) is 5.39. The molecule has 0 atom stereocenters. The molecule has 0 unspecified atom stereocenters. The number of ether oxygens (including phenoxy) is 1. The summed E-state index contributed by atoms with van der Waals surface area (Å²) in [4.78, 5) is 29.0. The highest BCUT2D eigenvalue weighted by Gasteiger charge is 2.24. The summed E-state index contributed by atoms with van der Waals surface area (Å²) in [5, 5.41) is 3.43. The number of rotatable bonds is 2. The van der Waals surface area contributed by atoms with E-state index in [9.17, 15) is 9.59 Å². The summed E-state index contributed by atoms with van der Waals surface area (Å²) in [6, 6.07) is 12.3. The molecule has 6 nitrogen and oxygen atoms in total. The van der Waals surface area contributed by atoms with Gasteiger partial charge in [-0.25, -0.2) is 4.79 Å². The van der Waals surface area contributed by atoms with Crippen molar-refractivity contribution in [1.82, 2.24) is 9.80 Å². The van der Waals surface area contributed by atoms with E-state index in [1.54, 1.807) is 35.2 Å². The maximum atomic E-state index is 12.7. The van der Waals surface area contributed by atoms with E-state index in [0.717, 1.165) is 37.2 Å². The lowest BCUT2D eigenvalue weighted by molar-refractivity contribution is 0.0792. The zero-order valence-electron chi connectivity index (χ0n) is 15.5. The molecule has 0 aromatic heterocycles. The van der Waals surface area contributed by atoms with Crippen LogP contribution in [0.15, 0.2) is 42.5 Å². The topological polar surface area (TPSA) is 61.9 Å². The molecule has 0 aliphatic carbocycles. The fraction of sp³-hybridized carbons (Fsp3) is 0.333. The van der Waals surface area contributed by atoms with Gasteiger partial charge in [0.1, 0.15) is 12.4 Å². The molecule has 2 aliphatic rings. The normalized spacial score (nSPS) is 16.2. The number of benzene rings is 2. The maximum Gasteiger partial charge on any atom is 0.322 e. The molecule has 0 spiro atoms. The summed E-state index contributed by atoms with van der Waals surface area (Å²) in [6.07, 6.45) is 2.11. The first-order valence-corrected chi connectivity index (χ1v) is 9.84. The zero-order chi connectivity index (χ0) is 19.5. The lowest BCUT2D eigenvalue weighted by Crippen LogP contribution is -2.36. The van der Waals surface area contributed by atoms with Gasteiger partial charge >= 0.3 is 6.03 Å². The van der Waals surface area contributed by atoms with E-state index in [1.165, 1.54) is 0 Å². The Morgan fingerprint density at radius 2 is 1.82 bits per heavy atom. The van der Waals surface area contributed by atoms with E-state index < -0.39 is 0 Å². The summed E-state index contributed by atoms with van der Waals surface area (Å²) in [5.41, 5.74) is 2.12. The number of carbonyl (C=O) groups is 2. The van der Waals surface area contributed by atoms with Crippen LogP contribution >= 0.6 is 11.6 Å². The second kappa shape index (κ2) is 8.10. The highest BCUT2D eigenvalue weighted by molar-refractivity contribution is 6.30.